The Morgan fingerprint density at radius 2 is 0.804 bits per heavy atom. The van der Waals surface area contributed by atoms with Gasteiger partial charge in [0.1, 0.15) is 13.2 Å². The topological polar surface area (TPSA) is 52.6 Å². The fourth-order valence-electron chi connectivity index (χ4n) is 6.80. The molecule has 0 radical (unpaired) electrons. The summed E-state index contributed by atoms with van der Waals surface area (Å²) >= 11 is 0. The maximum Gasteiger partial charge on any atom is 0.306 e. The Hall–Kier alpha value is -1.33. The number of unbranched alkanes of at least 4 members (excludes halogenated alkanes) is 22. The van der Waals surface area contributed by atoms with Gasteiger partial charge in [-0.15, -0.1) is 0 Å². The maximum absolute atomic E-state index is 12.8. The second kappa shape index (κ2) is 39.9. The Balaban J connectivity index is 0. The van der Waals surface area contributed by atoms with Crippen LogP contribution in [0.2, 0.25) is 0 Å². The number of carbonyl (C=O) groups is 2. The number of ether oxygens (including phenoxy) is 2. The van der Waals surface area contributed by atoms with Crippen molar-refractivity contribution in [2.24, 2.45) is 0 Å². The first kappa shape index (κ1) is 51.8. The monoisotopic (exact) mass is 740 g/mol. The molecule has 0 saturated heterocycles. The predicted molar refractivity (Wildman–Crippen MR) is 216 cm³/mol. The minimum Gasteiger partial charge on any atom is -1.00 e. The van der Waals surface area contributed by atoms with E-state index in [4.69, 9.17) is 9.47 Å². The van der Waals surface area contributed by atoms with Crippen LogP contribution in [-0.4, -0.2) is 55.3 Å². The summed E-state index contributed by atoms with van der Waals surface area (Å²) in [6.45, 7) is 14.9. The van der Waals surface area contributed by atoms with Gasteiger partial charge < -0.3 is 26.4 Å². The number of hydrogen-bond donors (Lipinski definition) is 0. The Morgan fingerprint density at radius 3 is 1.18 bits per heavy atom. The van der Waals surface area contributed by atoms with Crippen molar-refractivity contribution in [3.8, 4) is 0 Å². The van der Waals surface area contributed by atoms with E-state index in [0.29, 0.717) is 19.4 Å². The zero-order valence-electron chi connectivity index (χ0n) is 34.7. The van der Waals surface area contributed by atoms with Crippen LogP contribution in [0, 0.1) is 0 Å². The van der Waals surface area contributed by atoms with Crippen molar-refractivity contribution in [1.29, 1.82) is 0 Å². The molecule has 0 aliphatic heterocycles. The van der Waals surface area contributed by atoms with Crippen molar-refractivity contribution in [1.82, 2.24) is 0 Å². The van der Waals surface area contributed by atoms with Crippen molar-refractivity contribution in [2.45, 2.75) is 221 Å². The van der Waals surface area contributed by atoms with Crippen LogP contribution in [0.5, 0.6) is 0 Å². The highest BCUT2D eigenvalue weighted by Crippen LogP contribution is 2.15. The van der Waals surface area contributed by atoms with Gasteiger partial charge in [-0.25, -0.2) is 0 Å². The molecule has 302 valence electrons. The average molecular weight is 741 g/mol. The van der Waals surface area contributed by atoms with Gasteiger partial charge in [0, 0.05) is 12.8 Å². The van der Waals surface area contributed by atoms with E-state index in [0.717, 1.165) is 56.2 Å². The SMILES string of the molecule is CCCCCCCC/C=C\CCCCCCCC(=O)OCC(C[N+](CC)(CC)CC)OC(=O)CCCCCCC/C=C\CCCCCCCC.[Cl-]. The lowest BCUT2D eigenvalue weighted by Gasteiger charge is -2.38. The average Bonchev–Trinajstić information content (AvgIpc) is 3.12. The van der Waals surface area contributed by atoms with E-state index < -0.39 is 0 Å². The quantitative estimate of drug-likeness (QED) is 0.0274. The molecule has 0 N–H and O–H groups in total. The molecule has 0 aromatic carbocycles. The zero-order chi connectivity index (χ0) is 36.8. The molecule has 6 heteroatoms. The van der Waals surface area contributed by atoms with Crippen LogP contribution < -0.4 is 12.4 Å². The molecular formula is C45H86ClNO4. The molecule has 0 amide bonds. The van der Waals surface area contributed by atoms with Gasteiger partial charge in [-0.2, -0.15) is 0 Å². The summed E-state index contributed by atoms with van der Waals surface area (Å²) < 4.78 is 12.5. The van der Waals surface area contributed by atoms with Gasteiger partial charge in [0.25, 0.3) is 0 Å². The minimum absolute atomic E-state index is 0. The molecule has 0 rings (SSSR count). The third kappa shape index (κ3) is 34.2. The summed E-state index contributed by atoms with van der Waals surface area (Å²) in [7, 11) is 0. The van der Waals surface area contributed by atoms with E-state index in [1.807, 2.05) is 0 Å². The summed E-state index contributed by atoms with van der Waals surface area (Å²) in [4.78, 5) is 25.4. The predicted octanol–water partition coefficient (Wildman–Crippen LogP) is 10.4. The molecule has 5 nitrogen and oxygen atoms in total. The zero-order valence-corrected chi connectivity index (χ0v) is 35.4. The standard InChI is InChI=1S/C45H86NO4.ClH/c1-6-11-13-15-17-19-21-23-25-27-29-31-33-35-37-39-44(47)49-42-43(41-46(8-3,9-4)10-5)50-45(48)40-38-36-34-32-30-28-26-24-22-20-18-16-14-12-7-2;/h23-26,43H,6-22,27-42H2,1-5H3;1H/q+1;/p-1/b25-23-,26-24-;. The largest absolute Gasteiger partial charge is 1.00 e. The number of nitrogens with zero attached hydrogens (tertiary/aromatic N) is 1. The highest BCUT2D eigenvalue weighted by molar-refractivity contribution is 5.70. The van der Waals surface area contributed by atoms with Gasteiger partial charge in [-0.1, -0.05) is 141 Å². The molecule has 51 heavy (non-hydrogen) atoms. The van der Waals surface area contributed by atoms with E-state index in [-0.39, 0.29) is 37.1 Å². The first-order chi connectivity index (χ1) is 24.5. The fraction of sp³-hybridized carbons (Fsp3) is 0.867. The summed E-state index contributed by atoms with van der Waals surface area (Å²) in [5.41, 5.74) is 0. The molecule has 0 saturated carbocycles. The van der Waals surface area contributed by atoms with Crippen molar-refractivity contribution >= 4 is 11.9 Å². The van der Waals surface area contributed by atoms with Crippen LogP contribution in [0.25, 0.3) is 0 Å². The van der Waals surface area contributed by atoms with Crippen LogP contribution in [0.15, 0.2) is 24.3 Å². The molecular weight excluding hydrogens is 654 g/mol. The number of halogens is 1. The Morgan fingerprint density at radius 1 is 0.471 bits per heavy atom. The number of esters is 2. The lowest BCUT2D eigenvalue weighted by Crippen LogP contribution is -3.00. The first-order valence-corrected chi connectivity index (χ1v) is 22.0. The molecule has 0 bridgehead atoms. The highest BCUT2D eigenvalue weighted by Gasteiger charge is 2.29. The third-order valence-electron chi connectivity index (χ3n) is 10.6. The van der Waals surface area contributed by atoms with Crippen LogP contribution in [0.3, 0.4) is 0 Å². The van der Waals surface area contributed by atoms with E-state index >= 15 is 0 Å². The number of quaternary nitrogens is 1. The van der Waals surface area contributed by atoms with Crippen LogP contribution in [0.4, 0.5) is 0 Å². The van der Waals surface area contributed by atoms with Crippen LogP contribution in [0.1, 0.15) is 214 Å². The Kier molecular flexibility index (Phi) is 40.5. The second-order valence-corrected chi connectivity index (χ2v) is 14.9. The van der Waals surface area contributed by atoms with Crippen molar-refractivity contribution in [3.63, 3.8) is 0 Å². The molecule has 0 aromatic rings. The van der Waals surface area contributed by atoms with Crippen molar-refractivity contribution < 1.29 is 36.0 Å². The van der Waals surface area contributed by atoms with E-state index in [1.165, 1.54) is 135 Å². The van der Waals surface area contributed by atoms with Gasteiger partial charge in [0.05, 0.1) is 19.6 Å². The minimum atomic E-state index is -0.386. The summed E-state index contributed by atoms with van der Waals surface area (Å²) in [6.07, 6.45) is 42.2. The number of rotatable bonds is 38. The summed E-state index contributed by atoms with van der Waals surface area (Å²) in [5, 5.41) is 0. The fourth-order valence-corrected chi connectivity index (χ4v) is 6.80. The van der Waals surface area contributed by atoms with Crippen molar-refractivity contribution in [3.05, 3.63) is 24.3 Å². The highest BCUT2D eigenvalue weighted by atomic mass is 35.5. The Bertz CT molecular complexity index is 802. The summed E-state index contributed by atoms with van der Waals surface area (Å²) in [5.74, 6) is -0.314. The van der Waals surface area contributed by atoms with Crippen LogP contribution in [-0.2, 0) is 19.1 Å². The van der Waals surface area contributed by atoms with Gasteiger partial charge in [0.2, 0.25) is 0 Å². The molecule has 0 aliphatic carbocycles. The number of likely N-dealkylation sites (N-methyl/N-ethyl adjacent to an activating group) is 1. The molecule has 0 aromatic heterocycles. The maximum atomic E-state index is 12.8. The second-order valence-electron chi connectivity index (χ2n) is 14.9. The van der Waals surface area contributed by atoms with Gasteiger partial charge in [-0.05, 0) is 85.0 Å². The van der Waals surface area contributed by atoms with Crippen molar-refractivity contribution in [2.75, 3.05) is 32.8 Å². The summed E-state index contributed by atoms with van der Waals surface area (Å²) in [6, 6.07) is 0. The van der Waals surface area contributed by atoms with Crippen LogP contribution >= 0.6 is 0 Å². The van der Waals surface area contributed by atoms with E-state index in [9.17, 15) is 9.59 Å². The third-order valence-corrected chi connectivity index (χ3v) is 10.6. The lowest BCUT2D eigenvalue weighted by atomic mass is 10.1. The first-order valence-electron chi connectivity index (χ1n) is 22.0. The van der Waals surface area contributed by atoms with Gasteiger partial charge >= 0.3 is 11.9 Å². The molecule has 1 unspecified atom stereocenters. The normalized spacial score (nSPS) is 12.4. The number of carbonyl (C=O) groups excluding carboxylic acids is 2. The van der Waals surface area contributed by atoms with Gasteiger partial charge in [-0.3, -0.25) is 9.59 Å². The van der Waals surface area contributed by atoms with E-state index in [1.54, 1.807) is 0 Å². The number of hydrogen-bond acceptors (Lipinski definition) is 4. The molecule has 0 spiro atoms. The smallest absolute Gasteiger partial charge is 0.306 e. The molecule has 0 fully saturated rings. The lowest BCUT2D eigenvalue weighted by molar-refractivity contribution is -0.925. The van der Waals surface area contributed by atoms with E-state index in [2.05, 4.69) is 58.9 Å². The molecule has 1 atom stereocenters. The molecule has 0 heterocycles. The Labute approximate surface area is 324 Å². The molecule has 0 aliphatic rings. The van der Waals surface area contributed by atoms with Gasteiger partial charge in [0.15, 0.2) is 6.10 Å². The number of allylic oxidation sites excluding steroid dienone is 4.